The summed E-state index contributed by atoms with van der Waals surface area (Å²) >= 11 is 3.28. The highest BCUT2D eigenvalue weighted by molar-refractivity contribution is 7.12. The fourth-order valence-corrected chi connectivity index (χ4v) is 3.61. The first kappa shape index (κ1) is 11.0. The molecule has 0 unspecified atom stereocenters. The molecule has 0 atom stereocenters. The molecule has 17 heavy (non-hydrogen) atoms. The molecule has 2 heterocycles. The summed E-state index contributed by atoms with van der Waals surface area (Å²) in [6.45, 7) is 0.768. The SMILES string of the molecule is O=C(NCC1(c2cccs2)CC1)c1cccs1. The molecule has 0 saturated heterocycles. The van der Waals surface area contributed by atoms with Crippen molar-refractivity contribution in [1.29, 1.82) is 0 Å². The summed E-state index contributed by atoms with van der Waals surface area (Å²) in [6.07, 6.45) is 2.39. The lowest BCUT2D eigenvalue weighted by molar-refractivity contribution is 0.0954. The minimum atomic E-state index is 0.0582. The number of hydrogen-bond acceptors (Lipinski definition) is 3. The Kier molecular flexibility index (Phi) is 2.76. The Morgan fingerprint density at radius 3 is 2.59 bits per heavy atom. The lowest BCUT2D eigenvalue weighted by Gasteiger charge is -2.13. The molecule has 2 aromatic rings. The molecule has 2 nitrogen and oxygen atoms in total. The van der Waals surface area contributed by atoms with Gasteiger partial charge in [-0.15, -0.1) is 22.7 Å². The van der Waals surface area contributed by atoms with Crippen LogP contribution in [0.15, 0.2) is 35.0 Å². The van der Waals surface area contributed by atoms with Crippen LogP contribution in [0.25, 0.3) is 0 Å². The Morgan fingerprint density at radius 1 is 1.24 bits per heavy atom. The molecule has 1 amide bonds. The standard InChI is InChI=1S/C13H13NOS2/c15-12(10-3-1-7-16-10)14-9-13(5-6-13)11-4-2-8-17-11/h1-4,7-8H,5-6,9H2,(H,14,15). The zero-order chi connectivity index (χ0) is 11.7. The van der Waals surface area contributed by atoms with Gasteiger partial charge in [0.2, 0.25) is 0 Å². The molecular formula is C13H13NOS2. The van der Waals surface area contributed by atoms with E-state index in [9.17, 15) is 4.79 Å². The first-order valence-electron chi connectivity index (χ1n) is 5.66. The predicted octanol–water partition coefficient (Wildman–Crippen LogP) is 3.27. The maximum atomic E-state index is 11.9. The Bertz CT molecular complexity index is 498. The zero-order valence-electron chi connectivity index (χ0n) is 9.31. The van der Waals surface area contributed by atoms with Crippen molar-refractivity contribution in [1.82, 2.24) is 5.32 Å². The van der Waals surface area contributed by atoms with Gasteiger partial charge < -0.3 is 5.32 Å². The van der Waals surface area contributed by atoms with Gasteiger partial charge in [0.15, 0.2) is 0 Å². The van der Waals surface area contributed by atoms with Gasteiger partial charge in [-0.3, -0.25) is 4.79 Å². The van der Waals surface area contributed by atoms with Gasteiger partial charge in [-0.2, -0.15) is 0 Å². The molecule has 0 aromatic carbocycles. The average molecular weight is 263 g/mol. The van der Waals surface area contributed by atoms with Crippen LogP contribution in [0.1, 0.15) is 27.4 Å². The van der Waals surface area contributed by atoms with E-state index in [1.165, 1.54) is 29.1 Å². The van der Waals surface area contributed by atoms with Gasteiger partial charge in [-0.05, 0) is 35.7 Å². The number of nitrogens with one attached hydrogen (secondary N) is 1. The molecule has 3 rings (SSSR count). The quantitative estimate of drug-likeness (QED) is 0.901. The van der Waals surface area contributed by atoms with E-state index in [1.54, 1.807) is 11.3 Å². The molecule has 2 aromatic heterocycles. The van der Waals surface area contributed by atoms with Crippen molar-refractivity contribution >= 4 is 28.6 Å². The van der Waals surface area contributed by atoms with E-state index < -0.39 is 0 Å². The molecule has 1 N–H and O–H groups in total. The predicted molar refractivity (Wildman–Crippen MR) is 71.9 cm³/mol. The second-order valence-electron chi connectivity index (χ2n) is 4.42. The molecule has 0 bridgehead atoms. The van der Waals surface area contributed by atoms with Crippen molar-refractivity contribution in [3.8, 4) is 0 Å². The van der Waals surface area contributed by atoms with Crippen LogP contribution < -0.4 is 5.32 Å². The Morgan fingerprint density at radius 2 is 2.00 bits per heavy atom. The Hall–Kier alpha value is -1.13. The van der Waals surface area contributed by atoms with Crippen molar-refractivity contribution in [2.75, 3.05) is 6.54 Å². The van der Waals surface area contributed by atoms with E-state index in [4.69, 9.17) is 0 Å². The fraction of sp³-hybridized carbons (Fsp3) is 0.308. The second kappa shape index (κ2) is 4.27. The molecule has 88 valence electrons. The normalized spacial score (nSPS) is 16.7. The van der Waals surface area contributed by atoms with Crippen LogP contribution in [-0.4, -0.2) is 12.5 Å². The second-order valence-corrected chi connectivity index (χ2v) is 6.31. The van der Waals surface area contributed by atoms with Crippen molar-refractivity contribution in [2.24, 2.45) is 0 Å². The fourth-order valence-electron chi connectivity index (χ4n) is 1.99. The average Bonchev–Trinajstić information content (AvgIpc) is 2.82. The molecule has 0 radical (unpaired) electrons. The molecule has 4 heteroatoms. The van der Waals surface area contributed by atoms with Gasteiger partial charge in [0.25, 0.3) is 5.91 Å². The third-order valence-electron chi connectivity index (χ3n) is 3.23. The molecular weight excluding hydrogens is 250 g/mol. The Balaban J connectivity index is 1.64. The summed E-state index contributed by atoms with van der Waals surface area (Å²) in [5, 5.41) is 7.09. The first-order chi connectivity index (χ1) is 8.30. The van der Waals surface area contributed by atoms with Gasteiger partial charge >= 0.3 is 0 Å². The van der Waals surface area contributed by atoms with Gasteiger partial charge in [-0.1, -0.05) is 12.1 Å². The van der Waals surface area contributed by atoms with E-state index in [-0.39, 0.29) is 11.3 Å². The van der Waals surface area contributed by atoms with E-state index in [0.29, 0.717) is 0 Å². The van der Waals surface area contributed by atoms with Crippen molar-refractivity contribution < 1.29 is 4.79 Å². The smallest absolute Gasteiger partial charge is 0.261 e. The number of carbonyl (C=O) groups excluding carboxylic acids is 1. The van der Waals surface area contributed by atoms with Crippen molar-refractivity contribution in [3.63, 3.8) is 0 Å². The lowest BCUT2D eigenvalue weighted by Crippen LogP contribution is -2.31. The molecule has 0 spiro atoms. The van der Waals surface area contributed by atoms with E-state index in [2.05, 4.69) is 22.8 Å². The summed E-state index contributed by atoms with van der Waals surface area (Å²) in [7, 11) is 0. The van der Waals surface area contributed by atoms with Gasteiger partial charge in [0, 0.05) is 16.8 Å². The maximum absolute atomic E-state index is 11.9. The van der Waals surface area contributed by atoms with Gasteiger partial charge in [0.1, 0.15) is 0 Å². The van der Waals surface area contributed by atoms with Gasteiger partial charge in [0.05, 0.1) is 4.88 Å². The monoisotopic (exact) mass is 263 g/mol. The summed E-state index contributed by atoms with van der Waals surface area (Å²) < 4.78 is 0. The van der Waals surface area contributed by atoms with E-state index in [0.717, 1.165) is 11.4 Å². The highest BCUT2D eigenvalue weighted by Gasteiger charge is 2.45. The third kappa shape index (κ3) is 2.15. The minimum absolute atomic E-state index is 0.0582. The number of amides is 1. The topological polar surface area (TPSA) is 29.1 Å². The molecule has 0 aliphatic heterocycles. The number of rotatable bonds is 4. The van der Waals surface area contributed by atoms with E-state index in [1.807, 2.05) is 17.5 Å². The van der Waals surface area contributed by atoms with Crippen LogP contribution >= 0.6 is 22.7 Å². The highest BCUT2D eigenvalue weighted by atomic mass is 32.1. The molecule has 1 aliphatic carbocycles. The lowest BCUT2D eigenvalue weighted by atomic mass is 10.1. The first-order valence-corrected chi connectivity index (χ1v) is 7.42. The largest absolute Gasteiger partial charge is 0.350 e. The van der Waals surface area contributed by atoms with Crippen LogP contribution in [0.5, 0.6) is 0 Å². The zero-order valence-corrected chi connectivity index (χ0v) is 10.9. The van der Waals surface area contributed by atoms with Crippen molar-refractivity contribution in [2.45, 2.75) is 18.3 Å². The number of carbonyl (C=O) groups is 1. The molecule has 1 aliphatic rings. The maximum Gasteiger partial charge on any atom is 0.261 e. The summed E-state index contributed by atoms with van der Waals surface area (Å²) in [5.41, 5.74) is 0.237. The summed E-state index contributed by atoms with van der Waals surface area (Å²) in [4.78, 5) is 14.1. The minimum Gasteiger partial charge on any atom is -0.350 e. The highest BCUT2D eigenvalue weighted by Crippen LogP contribution is 2.49. The summed E-state index contributed by atoms with van der Waals surface area (Å²) in [5.74, 6) is 0.0582. The number of thiophene rings is 2. The van der Waals surface area contributed by atoms with E-state index >= 15 is 0 Å². The molecule has 1 saturated carbocycles. The Labute approximate surface area is 108 Å². The van der Waals surface area contributed by atoms with Crippen LogP contribution in [0.3, 0.4) is 0 Å². The van der Waals surface area contributed by atoms with Crippen LogP contribution in [-0.2, 0) is 5.41 Å². The van der Waals surface area contributed by atoms with Crippen molar-refractivity contribution in [3.05, 3.63) is 44.8 Å². The third-order valence-corrected chi connectivity index (χ3v) is 5.21. The van der Waals surface area contributed by atoms with Crippen LogP contribution in [0.4, 0.5) is 0 Å². The van der Waals surface area contributed by atoms with Crippen LogP contribution in [0, 0.1) is 0 Å². The molecule has 1 fully saturated rings. The van der Waals surface area contributed by atoms with Gasteiger partial charge in [-0.25, -0.2) is 0 Å². The summed E-state index contributed by atoms with van der Waals surface area (Å²) in [6, 6.07) is 8.03. The van der Waals surface area contributed by atoms with Crippen LogP contribution in [0.2, 0.25) is 0 Å². The number of hydrogen-bond donors (Lipinski definition) is 1.